The number of hydrogen-bond acceptors (Lipinski definition) is 5. The number of methoxy groups -OCH3 is 1. The van der Waals surface area contributed by atoms with Crippen molar-refractivity contribution in [3.63, 3.8) is 0 Å². The van der Waals surface area contributed by atoms with Gasteiger partial charge in [0.15, 0.2) is 0 Å². The molecule has 0 bridgehead atoms. The molecule has 0 aliphatic rings. The van der Waals surface area contributed by atoms with Gasteiger partial charge in [-0.3, -0.25) is 9.59 Å². The maximum absolute atomic E-state index is 11.8. The second-order valence-corrected chi connectivity index (χ2v) is 4.68. The molecule has 23 heavy (non-hydrogen) atoms. The van der Waals surface area contributed by atoms with Crippen molar-refractivity contribution < 1.29 is 19.4 Å². The summed E-state index contributed by atoms with van der Waals surface area (Å²) < 4.78 is 4.87. The SMILES string of the molecule is COCCCNC(=O)/C(C#N)=C\Nc1ccc(CC(=O)O)cc1. The first-order valence-corrected chi connectivity index (χ1v) is 7.01. The lowest BCUT2D eigenvalue weighted by molar-refractivity contribution is -0.136. The summed E-state index contributed by atoms with van der Waals surface area (Å²) >= 11 is 0. The number of carbonyl (C=O) groups is 2. The van der Waals surface area contributed by atoms with Gasteiger partial charge >= 0.3 is 5.97 Å². The minimum Gasteiger partial charge on any atom is -0.481 e. The molecule has 122 valence electrons. The molecule has 7 heteroatoms. The summed E-state index contributed by atoms with van der Waals surface area (Å²) in [6.07, 6.45) is 1.93. The second kappa shape index (κ2) is 9.97. The van der Waals surface area contributed by atoms with Crippen LogP contribution in [0.4, 0.5) is 5.69 Å². The number of benzene rings is 1. The van der Waals surface area contributed by atoms with Crippen molar-refractivity contribution in [2.75, 3.05) is 25.6 Å². The molecule has 0 aliphatic carbocycles. The van der Waals surface area contributed by atoms with Crippen LogP contribution < -0.4 is 10.6 Å². The predicted molar refractivity (Wildman–Crippen MR) is 84.6 cm³/mol. The van der Waals surface area contributed by atoms with E-state index in [4.69, 9.17) is 15.1 Å². The van der Waals surface area contributed by atoms with Gasteiger partial charge in [-0.25, -0.2) is 0 Å². The fourth-order valence-corrected chi connectivity index (χ4v) is 1.71. The number of carboxylic acid groups (broad SMARTS) is 1. The molecule has 0 saturated carbocycles. The van der Waals surface area contributed by atoms with Gasteiger partial charge < -0.3 is 20.5 Å². The van der Waals surface area contributed by atoms with E-state index in [1.54, 1.807) is 31.4 Å². The number of nitrogens with zero attached hydrogens (tertiary/aromatic N) is 1. The highest BCUT2D eigenvalue weighted by atomic mass is 16.5. The number of rotatable bonds is 9. The topological polar surface area (TPSA) is 111 Å². The predicted octanol–water partition coefficient (Wildman–Crippen LogP) is 1.29. The van der Waals surface area contributed by atoms with Crippen molar-refractivity contribution in [3.8, 4) is 6.07 Å². The minimum absolute atomic E-state index is 0.0444. The molecule has 0 aliphatic heterocycles. The lowest BCUT2D eigenvalue weighted by Crippen LogP contribution is -2.26. The Hall–Kier alpha value is -2.85. The third-order valence-electron chi connectivity index (χ3n) is 2.87. The highest BCUT2D eigenvalue weighted by Gasteiger charge is 2.07. The molecular formula is C16H19N3O4. The normalized spacial score (nSPS) is 10.7. The zero-order valence-corrected chi connectivity index (χ0v) is 12.8. The molecule has 1 aromatic carbocycles. The quantitative estimate of drug-likeness (QED) is 0.359. The lowest BCUT2D eigenvalue weighted by atomic mass is 10.1. The van der Waals surface area contributed by atoms with Gasteiger partial charge in [0.1, 0.15) is 11.6 Å². The van der Waals surface area contributed by atoms with Gasteiger partial charge in [0, 0.05) is 32.1 Å². The summed E-state index contributed by atoms with van der Waals surface area (Å²) in [5.74, 6) is -1.36. The van der Waals surface area contributed by atoms with Crippen LogP contribution in [0.5, 0.6) is 0 Å². The molecule has 0 radical (unpaired) electrons. The number of anilines is 1. The smallest absolute Gasteiger partial charge is 0.307 e. The van der Waals surface area contributed by atoms with Crippen molar-refractivity contribution in [1.82, 2.24) is 5.32 Å². The first-order valence-electron chi connectivity index (χ1n) is 7.01. The van der Waals surface area contributed by atoms with Gasteiger partial charge in [-0.15, -0.1) is 0 Å². The Labute approximate surface area is 134 Å². The molecule has 7 nitrogen and oxygen atoms in total. The molecule has 1 rings (SSSR count). The van der Waals surface area contributed by atoms with E-state index in [0.717, 1.165) is 0 Å². The minimum atomic E-state index is -0.900. The largest absolute Gasteiger partial charge is 0.481 e. The molecule has 0 spiro atoms. The van der Waals surface area contributed by atoms with Gasteiger partial charge in [-0.05, 0) is 24.1 Å². The van der Waals surface area contributed by atoms with Crippen LogP contribution in [0.15, 0.2) is 36.0 Å². The first kappa shape index (κ1) is 18.2. The summed E-state index contributed by atoms with van der Waals surface area (Å²) in [6, 6.07) is 8.53. The summed E-state index contributed by atoms with van der Waals surface area (Å²) in [7, 11) is 1.58. The zero-order valence-electron chi connectivity index (χ0n) is 12.8. The monoisotopic (exact) mass is 317 g/mol. The average Bonchev–Trinajstić information content (AvgIpc) is 2.53. The number of amides is 1. The van der Waals surface area contributed by atoms with Gasteiger partial charge in [0.2, 0.25) is 0 Å². The number of nitriles is 1. The summed E-state index contributed by atoms with van der Waals surface area (Å²) in [5, 5.41) is 23.2. The van der Waals surface area contributed by atoms with E-state index in [0.29, 0.717) is 30.8 Å². The van der Waals surface area contributed by atoms with E-state index < -0.39 is 11.9 Å². The Kier molecular flexibility index (Phi) is 7.89. The highest BCUT2D eigenvalue weighted by molar-refractivity contribution is 5.97. The molecule has 1 amide bonds. The van der Waals surface area contributed by atoms with Crippen LogP contribution in [0.25, 0.3) is 0 Å². The number of ether oxygens (including phenoxy) is 1. The summed E-state index contributed by atoms with van der Waals surface area (Å²) in [5.41, 5.74) is 1.28. The summed E-state index contributed by atoms with van der Waals surface area (Å²) in [4.78, 5) is 22.4. The molecule has 0 fully saturated rings. The van der Waals surface area contributed by atoms with Crippen molar-refractivity contribution in [1.29, 1.82) is 5.26 Å². The zero-order chi connectivity index (χ0) is 17.1. The number of hydrogen-bond donors (Lipinski definition) is 3. The Bertz CT molecular complexity index is 603. The van der Waals surface area contributed by atoms with Crippen LogP contribution in [0.2, 0.25) is 0 Å². The summed E-state index contributed by atoms with van der Waals surface area (Å²) in [6.45, 7) is 0.961. The fraction of sp³-hybridized carbons (Fsp3) is 0.312. The second-order valence-electron chi connectivity index (χ2n) is 4.68. The maximum atomic E-state index is 11.8. The van der Waals surface area contributed by atoms with Crippen LogP contribution in [-0.4, -0.2) is 37.2 Å². The third-order valence-corrected chi connectivity index (χ3v) is 2.87. The van der Waals surface area contributed by atoms with Crippen LogP contribution in [0, 0.1) is 11.3 Å². The molecule has 0 unspecified atom stereocenters. The van der Waals surface area contributed by atoms with Gasteiger partial charge in [-0.1, -0.05) is 12.1 Å². The number of aliphatic carboxylic acids is 1. The molecule has 3 N–H and O–H groups in total. The Morgan fingerprint density at radius 2 is 2.04 bits per heavy atom. The van der Waals surface area contributed by atoms with Gasteiger partial charge in [0.05, 0.1) is 6.42 Å². The first-order chi connectivity index (χ1) is 11.1. The van der Waals surface area contributed by atoms with E-state index in [2.05, 4.69) is 10.6 Å². The average molecular weight is 317 g/mol. The van der Waals surface area contributed by atoms with E-state index in [1.165, 1.54) is 6.20 Å². The van der Waals surface area contributed by atoms with Gasteiger partial charge in [0.25, 0.3) is 5.91 Å². The van der Waals surface area contributed by atoms with Crippen molar-refractivity contribution >= 4 is 17.6 Å². The molecule has 0 atom stereocenters. The van der Waals surface area contributed by atoms with Crippen LogP contribution in [-0.2, 0) is 20.7 Å². The highest BCUT2D eigenvalue weighted by Crippen LogP contribution is 2.10. The molecular weight excluding hydrogens is 298 g/mol. The Morgan fingerprint density at radius 1 is 1.35 bits per heavy atom. The standard InChI is InChI=1S/C16H19N3O4/c1-23-8-2-7-18-16(22)13(10-17)11-19-14-5-3-12(4-6-14)9-15(20)21/h3-6,11,19H,2,7-9H2,1H3,(H,18,22)(H,20,21)/b13-11-. The van der Waals surface area contributed by atoms with Crippen molar-refractivity contribution in [2.45, 2.75) is 12.8 Å². The maximum Gasteiger partial charge on any atom is 0.307 e. The Morgan fingerprint density at radius 3 is 2.61 bits per heavy atom. The van der Waals surface area contributed by atoms with Crippen LogP contribution in [0.1, 0.15) is 12.0 Å². The Balaban J connectivity index is 2.57. The third kappa shape index (κ3) is 7.11. The lowest BCUT2D eigenvalue weighted by Gasteiger charge is -2.05. The van der Waals surface area contributed by atoms with Crippen molar-refractivity contribution in [2.24, 2.45) is 0 Å². The fourth-order valence-electron chi connectivity index (χ4n) is 1.71. The van der Waals surface area contributed by atoms with Crippen LogP contribution in [0.3, 0.4) is 0 Å². The molecule has 0 heterocycles. The van der Waals surface area contributed by atoms with Gasteiger partial charge in [-0.2, -0.15) is 5.26 Å². The van der Waals surface area contributed by atoms with E-state index in [1.807, 2.05) is 6.07 Å². The number of carbonyl (C=O) groups excluding carboxylic acids is 1. The van der Waals surface area contributed by atoms with E-state index in [9.17, 15) is 9.59 Å². The number of carboxylic acids is 1. The van der Waals surface area contributed by atoms with Crippen LogP contribution >= 0.6 is 0 Å². The number of nitrogens with one attached hydrogen (secondary N) is 2. The molecule has 0 aromatic heterocycles. The van der Waals surface area contributed by atoms with E-state index in [-0.39, 0.29) is 12.0 Å². The molecule has 0 saturated heterocycles. The molecule has 1 aromatic rings. The van der Waals surface area contributed by atoms with Crippen molar-refractivity contribution in [3.05, 3.63) is 41.6 Å². The van der Waals surface area contributed by atoms with E-state index >= 15 is 0 Å².